The highest BCUT2D eigenvalue weighted by atomic mass is 16.5. The number of nitrogens with one attached hydrogen (secondary N) is 1. The first kappa shape index (κ1) is 13.5. The highest BCUT2D eigenvalue weighted by molar-refractivity contribution is 5.87. The molecule has 1 unspecified atom stereocenters. The van der Waals surface area contributed by atoms with Crippen molar-refractivity contribution in [2.24, 2.45) is 0 Å². The van der Waals surface area contributed by atoms with Crippen LogP contribution in [0.4, 0.5) is 0 Å². The van der Waals surface area contributed by atoms with Crippen LogP contribution >= 0.6 is 0 Å². The molecule has 1 amide bonds. The number of carboxylic acids is 1. The van der Waals surface area contributed by atoms with Crippen LogP contribution in [0.1, 0.15) is 18.4 Å². The lowest BCUT2D eigenvalue weighted by molar-refractivity contribution is -0.147. The van der Waals surface area contributed by atoms with Crippen LogP contribution in [0.25, 0.3) is 0 Å². The SMILES string of the molecule is O=C(CCc1ccccc1)NC1(C(=O)O)CCOC1. The fraction of sp³-hybridized carbons (Fsp3) is 0.429. The summed E-state index contributed by atoms with van der Waals surface area (Å²) in [6.45, 7) is 0.407. The molecule has 2 rings (SSSR count). The molecule has 1 aromatic rings. The van der Waals surface area contributed by atoms with Gasteiger partial charge in [-0.25, -0.2) is 4.79 Å². The monoisotopic (exact) mass is 263 g/mol. The summed E-state index contributed by atoms with van der Waals surface area (Å²) in [6.07, 6.45) is 1.20. The lowest BCUT2D eigenvalue weighted by Crippen LogP contribution is -2.55. The van der Waals surface area contributed by atoms with Crippen LogP contribution in [0.5, 0.6) is 0 Å². The summed E-state index contributed by atoms with van der Waals surface area (Å²) < 4.78 is 5.09. The van der Waals surface area contributed by atoms with Crippen LogP contribution in [0, 0.1) is 0 Å². The lowest BCUT2D eigenvalue weighted by Gasteiger charge is -2.23. The van der Waals surface area contributed by atoms with Crippen LogP contribution in [0.2, 0.25) is 0 Å². The smallest absolute Gasteiger partial charge is 0.331 e. The Morgan fingerprint density at radius 3 is 2.63 bits per heavy atom. The zero-order valence-corrected chi connectivity index (χ0v) is 10.6. The second kappa shape index (κ2) is 5.84. The van der Waals surface area contributed by atoms with Gasteiger partial charge in [0.05, 0.1) is 6.61 Å². The molecule has 2 N–H and O–H groups in total. The average molecular weight is 263 g/mol. The van der Waals surface area contributed by atoms with Crippen molar-refractivity contribution in [1.29, 1.82) is 0 Å². The molecule has 1 saturated heterocycles. The minimum Gasteiger partial charge on any atom is -0.479 e. The highest BCUT2D eigenvalue weighted by Crippen LogP contribution is 2.19. The summed E-state index contributed by atoms with van der Waals surface area (Å²) in [6, 6.07) is 9.63. The molecule has 1 fully saturated rings. The lowest BCUT2D eigenvalue weighted by atomic mass is 9.98. The van der Waals surface area contributed by atoms with Crippen molar-refractivity contribution in [1.82, 2.24) is 5.32 Å². The van der Waals surface area contributed by atoms with Crippen LogP contribution in [0.15, 0.2) is 30.3 Å². The number of benzene rings is 1. The molecule has 5 nitrogen and oxygen atoms in total. The number of hydrogen-bond acceptors (Lipinski definition) is 3. The van der Waals surface area contributed by atoms with E-state index in [1.54, 1.807) is 0 Å². The average Bonchev–Trinajstić information content (AvgIpc) is 2.87. The Balaban J connectivity index is 1.88. The summed E-state index contributed by atoms with van der Waals surface area (Å²) in [5, 5.41) is 11.8. The summed E-state index contributed by atoms with van der Waals surface area (Å²) in [5.74, 6) is -1.28. The van der Waals surface area contributed by atoms with E-state index in [0.717, 1.165) is 5.56 Å². The van der Waals surface area contributed by atoms with Crippen LogP contribution in [-0.4, -0.2) is 35.7 Å². The Hall–Kier alpha value is -1.88. The number of aryl methyl sites for hydroxylation is 1. The van der Waals surface area contributed by atoms with Gasteiger partial charge < -0.3 is 15.2 Å². The molecule has 1 aliphatic heterocycles. The zero-order chi connectivity index (χ0) is 13.7. The minimum absolute atomic E-state index is 0.0411. The number of amides is 1. The normalized spacial score (nSPS) is 22.1. The molecular weight excluding hydrogens is 246 g/mol. The predicted octanol–water partition coefficient (Wildman–Crippen LogP) is 0.979. The van der Waals surface area contributed by atoms with E-state index in [1.165, 1.54) is 0 Å². The first-order valence-electron chi connectivity index (χ1n) is 6.28. The minimum atomic E-state index is -1.24. The van der Waals surface area contributed by atoms with E-state index in [0.29, 0.717) is 19.4 Å². The maximum Gasteiger partial charge on any atom is 0.331 e. The summed E-state index contributed by atoms with van der Waals surface area (Å²) in [4.78, 5) is 23.1. The second-order valence-corrected chi connectivity index (χ2v) is 4.72. The molecule has 0 bridgehead atoms. The van der Waals surface area contributed by atoms with Gasteiger partial charge in [-0.1, -0.05) is 30.3 Å². The largest absolute Gasteiger partial charge is 0.479 e. The number of carbonyl (C=O) groups excluding carboxylic acids is 1. The summed E-state index contributed by atoms with van der Waals surface area (Å²) in [5.41, 5.74) is -0.182. The van der Waals surface area contributed by atoms with E-state index in [2.05, 4.69) is 5.32 Å². The molecule has 19 heavy (non-hydrogen) atoms. The van der Waals surface area contributed by atoms with Crippen LogP contribution in [0.3, 0.4) is 0 Å². The quantitative estimate of drug-likeness (QED) is 0.830. The standard InChI is InChI=1S/C14H17NO4/c16-12(7-6-11-4-2-1-3-5-11)15-14(13(17)18)8-9-19-10-14/h1-5H,6-10H2,(H,15,16)(H,17,18). The Morgan fingerprint density at radius 2 is 2.05 bits per heavy atom. The van der Waals surface area contributed by atoms with Crippen molar-refractivity contribution < 1.29 is 19.4 Å². The van der Waals surface area contributed by atoms with E-state index in [9.17, 15) is 14.7 Å². The number of carbonyl (C=O) groups is 2. The van der Waals surface area contributed by atoms with E-state index in [-0.39, 0.29) is 18.9 Å². The fourth-order valence-electron chi connectivity index (χ4n) is 2.12. The van der Waals surface area contributed by atoms with Gasteiger partial charge >= 0.3 is 5.97 Å². The second-order valence-electron chi connectivity index (χ2n) is 4.72. The van der Waals surface area contributed by atoms with Crippen LogP contribution in [-0.2, 0) is 20.7 Å². The van der Waals surface area contributed by atoms with Gasteiger partial charge in [-0.05, 0) is 12.0 Å². The molecule has 0 saturated carbocycles. The van der Waals surface area contributed by atoms with Crippen molar-refractivity contribution in [2.45, 2.75) is 24.8 Å². The fourth-order valence-corrected chi connectivity index (χ4v) is 2.12. The molecule has 1 aliphatic rings. The molecule has 5 heteroatoms. The van der Waals surface area contributed by atoms with Gasteiger partial charge in [-0.2, -0.15) is 0 Å². The number of rotatable bonds is 5. The third-order valence-corrected chi connectivity index (χ3v) is 3.29. The molecule has 0 aromatic heterocycles. The van der Waals surface area contributed by atoms with Gasteiger partial charge in [-0.3, -0.25) is 4.79 Å². The van der Waals surface area contributed by atoms with E-state index in [4.69, 9.17) is 4.74 Å². The number of ether oxygens (including phenoxy) is 1. The molecule has 0 spiro atoms. The Labute approximate surface area is 111 Å². The predicted molar refractivity (Wildman–Crippen MR) is 68.7 cm³/mol. The van der Waals surface area contributed by atoms with Gasteiger partial charge in [0.2, 0.25) is 5.91 Å². The maximum absolute atomic E-state index is 11.9. The summed E-state index contributed by atoms with van der Waals surface area (Å²) >= 11 is 0. The third-order valence-electron chi connectivity index (χ3n) is 3.29. The molecule has 0 radical (unpaired) electrons. The van der Waals surface area contributed by atoms with Gasteiger partial charge in [-0.15, -0.1) is 0 Å². The Kier molecular flexibility index (Phi) is 4.16. The van der Waals surface area contributed by atoms with Gasteiger partial charge in [0.1, 0.15) is 0 Å². The molecular formula is C14H17NO4. The first-order valence-corrected chi connectivity index (χ1v) is 6.28. The number of carboxylic acid groups (broad SMARTS) is 1. The van der Waals surface area contributed by atoms with E-state index >= 15 is 0 Å². The molecule has 1 atom stereocenters. The Morgan fingerprint density at radius 1 is 1.32 bits per heavy atom. The van der Waals surface area contributed by atoms with Gasteiger partial charge in [0, 0.05) is 19.4 Å². The molecule has 1 heterocycles. The van der Waals surface area contributed by atoms with Crippen molar-refractivity contribution in [3.8, 4) is 0 Å². The summed E-state index contributed by atoms with van der Waals surface area (Å²) in [7, 11) is 0. The van der Waals surface area contributed by atoms with E-state index < -0.39 is 11.5 Å². The maximum atomic E-state index is 11.9. The van der Waals surface area contributed by atoms with Crippen molar-refractivity contribution in [3.05, 3.63) is 35.9 Å². The van der Waals surface area contributed by atoms with Gasteiger partial charge in [0.25, 0.3) is 0 Å². The van der Waals surface area contributed by atoms with Crippen molar-refractivity contribution in [3.63, 3.8) is 0 Å². The van der Waals surface area contributed by atoms with Gasteiger partial charge in [0.15, 0.2) is 5.54 Å². The number of aliphatic carboxylic acids is 1. The Bertz CT molecular complexity index is 452. The van der Waals surface area contributed by atoms with Crippen LogP contribution < -0.4 is 5.32 Å². The van der Waals surface area contributed by atoms with E-state index in [1.807, 2.05) is 30.3 Å². The highest BCUT2D eigenvalue weighted by Gasteiger charge is 2.43. The van der Waals surface area contributed by atoms with Crippen molar-refractivity contribution in [2.75, 3.05) is 13.2 Å². The topological polar surface area (TPSA) is 75.6 Å². The molecule has 1 aromatic carbocycles. The number of hydrogen-bond donors (Lipinski definition) is 2. The third kappa shape index (κ3) is 3.32. The zero-order valence-electron chi connectivity index (χ0n) is 10.6. The van der Waals surface area contributed by atoms with Crippen molar-refractivity contribution >= 4 is 11.9 Å². The molecule has 102 valence electrons. The first-order chi connectivity index (χ1) is 9.12. The molecule has 0 aliphatic carbocycles.